The van der Waals surface area contributed by atoms with Crippen LogP contribution in [0, 0.1) is 0 Å². The van der Waals surface area contributed by atoms with Crippen molar-refractivity contribution in [1.29, 1.82) is 0 Å². The summed E-state index contributed by atoms with van der Waals surface area (Å²) in [6.07, 6.45) is 0.455. The topological polar surface area (TPSA) is 59.1 Å². The largest absolute Gasteiger partial charge is 0.240 e. The van der Waals surface area contributed by atoms with Crippen molar-refractivity contribution in [3.8, 4) is 0 Å². The van der Waals surface area contributed by atoms with Crippen LogP contribution in [-0.4, -0.2) is 25.0 Å². The fourth-order valence-electron chi connectivity index (χ4n) is 1.48. The van der Waals surface area contributed by atoms with Crippen molar-refractivity contribution in [2.24, 2.45) is 0 Å². The molecule has 0 radical (unpaired) electrons. The van der Waals surface area contributed by atoms with E-state index in [9.17, 15) is 8.42 Å². The second kappa shape index (κ2) is 5.97. The molecule has 0 atom stereocenters. The number of nitrogens with zero attached hydrogens (tertiary/aromatic N) is 1. The quantitative estimate of drug-likeness (QED) is 0.833. The van der Waals surface area contributed by atoms with Crippen LogP contribution in [-0.2, 0) is 16.6 Å². The van der Waals surface area contributed by atoms with Crippen LogP contribution in [0.2, 0.25) is 0 Å². The molecule has 4 nitrogen and oxygen atoms in total. The zero-order valence-electron chi connectivity index (χ0n) is 9.60. The van der Waals surface area contributed by atoms with E-state index >= 15 is 0 Å². The Hall–Kier alpha value is -0.690. The number of alkyl halides is 1. The molecule has 0 spiro atoms. The Balaban J connectivity index is 2.01. The van der Waals surface area contributed by atoms with Gasteiger partial charge in [0.2, 0.25) is 10.0 Å². The van der Waals surface area contributed by atoms with E-state index < -0.39 is 10.0 Å². The highest BCUT2D eigenvalue weighted by atomic mass is 35.5. The Labute approximate surface area is 115 Å². The van der Waals surface area contributed by atoms with Gasteiger partial charge < -0.3 is 0 Å². The number of nitrogens with one attached hydrogen (secondary N) is 1. The first-order valence-corrected chi connectivity index (χ1v) is 8.49. The maximum absolute atomic E-state index is 11.6. The highest BCUT2D eigenvalue weighted by molar-refractivity contribution is 7.89. The summed E-state index contributed by atoms with van der Waals surface area (Å²) in [4.78, 5) is 4.36. The first-order valence-electron chi connectivity index (χ1n) is 5.48. The van der Waals surface area contributed by atoms with Crippen molar-refractivity contribution in [1.82, 2.24) is 9.71 Å². The minimum absolute atomic E-state index is 0.0569. The van der Waals surface area contributed by atoms with Gasteiger partial charge in [-0.25, -0.2) is 18.1 Å². The lowest BCUT2D eigenvalue weighted by Gasteiger charge is -2.03. The molecule has 2 rings (SSSR count). The predicted molar refractivity (Wildman–Crippen MR) is 75.6 cm³/mol. The highest BCUT2D eigenvalue weighted by Crippen LogP contribution is 2.21. The normalized spacial score (nSPS) is 12.1. The molecule has 7 heteroatoms. The van der Waals surface area contributed by atoms with Gasteiger partial charge in [-0.15, -0.1) is 22.9 Å². The average molecular weight is 305 g/mol. The van der Waals surface area contributed by atoms with Crippen molar-refractivity contribution >= 4 is 43.2 Å². The van der Waals surface area contributed by atoms with Crippen LogP contribution in [0.4, 0.5) is 0 Å². The molecule has 1 N–H and O–H groups in total. The SMILES string of the molecule is O=S(=O)(CCCCl)NCc1nc2ccccc2s1. The number of hydrogen-bond acceptors (Lipinski definition) is 4. The van der Waals surface area contributed by atoms with E-state index in [2.05, 4.69) is 9.71 Å². The number of halogens is 1. The van der Waals surface area contributed by atoms with Gasteiger partial charge in [0, 0.05) is 5.88 Å². The maximum atomic E-state index is 11.6. The van der Waals surface area contributed by atoms with E-state index in [0.29, 0.717) is 12.3 Å². The monoisotopic (exact) mass is 304 g/mol. The number of para-hydroxylation sites is 1. The first-order chi connectivity index (χ1) is 8.61. The Bertz CT molecular complexity index is 592. The average Bonchev–Trinajstić information content (AvgIpc) is 2.77. The molecule has 0 saturated heterocycles. The molecule has 0 aliphatic carbocycles. The van der Waals surface area contributed by atoms with Crippen LogP contribution in [0.5, 0.6) is 0 Å². The van der Waals surface area contributed by atoms with Gasteiger partial charge in [-0.1, -0.05) is 12.1 Å². The molecular weight excluding hydrogens is 292 g/mol. The standard InChI is InChI=1S/C11H13ClN2O2S2/c12-6-3-7-18(15,16)13-8-11-14-9-4-1-2-5-10(9)17-11/h1-2,4-5,13H,3,6-8H2. The molecule has 0 fully saturated rings. The van der Waals surface area contributed by atoms with Crippen molar-refractivity contribution in [3.63, 3.8) is 0 Å². The molecule has 0 aliphatic heterocycles. The molecule has 18 heavy (non-hydrogen) atoms. The van der Waals surface area contributed by atoms with Crippen LogP contribution in [0.3, 0.4) is 0 Å². The van der Waals surface area contributed by atoms with Gasteiger partial charge in [0.05, 0.1) is 22.5 Å². The number of aromatic nitrogens is 1. The molecule has 1 heterocycles. The fraction of sp³-hybridized carbons (Fsp3) is 0.364. The second-order valence-electron chi connectivity index (χ2n) is 3.76. The Morgan fingerprint density at radius 3 is 2.83 bits per heavy atom. The third kappa shape index (κ3) is 3.65. The molecule has 1 aromatic heterocycles. The van der Waals surface area contributed by atoms with E-state index in [1.165, 1.54) is 11.3 Å². The maximum Gasteiger partial charge on any atom is 0.212 e. The van der Waals surface area contributed by atoms with Crippen molar-refractivity contribution in [3.05, 3.63) is 29.3 Å². The van der Waals surface area contributed by atoms with Crippen molar-refractivity contribution in [2.75, 3.05) is 11.6 Å². The number of fused-ring (bicyclic) bond motifs is 1. The third-order valence-corrected chi connectivity index (χ3v) is 5.04. The first kappa shape index (κ1) is 13.7. The van der Waals surface area contributed by atoms with Gasteiger partial charge in [-0.3, -0.25) is 0 Å². The summed E-state index contributed by atoms with van der Waals surface area (Å²) in [7, 11) is -3.25. The summed E-state index contributed by atoms with van der Waals surface area (Å²) in [5.74, 6) is 0.406. The summed E-state index contributed by atoms with van der Waals surface area (Å²) in [5.41, 5.74) is 0.900. The minimum atomic E-state index is -3.25. The summed E-state index contributed by atoms with van der Waals surface area (Å²) >= 11 is 6.97. The molecule has 0 bridgehead atoms. The summed E-state index contributed by atoms with van der Waals surface area (Å²) in [5, 5.41) is 0.769. The smallest absolute Gasteiger partial charge is 0.212 e. The van der Waals surface area contributed by atoms with E-state index in [4.69, 9.17) is 11.6 Å². The lowest BCUT2D eigenvalue weighted by molar-refractivity contribution is 0.580. The molecule has 0 amide bonds. The summed E-state index contributed by atoms with van der Waals surface area (Å²) in [6.45, 7) is 0.240. The van der Waals surface area contributed by atoms with E-state index in [1.807, 2.05) is 24.3 Å². The van der Waals surface area contributed by atoms with Crippen LogP contribution in [0.15, 0.2) is 24.3 Å². The number of benzene rings is 1. The summed E-state index contributed by atoms with van der Waals surface area (Å²) < 4.78 is 26.8. The molecule has 0 saturated carbocycles. The van der Waals surface area contributed by atoms with Gasteiger partial charge in [0.25, 0.3) is 0 Å². The lowest BCUT2D eigenvalue weighted by Crippen LogP contribution is -2.26. The minimum Gasteiger partial charge on any atom is -0.240 e. The molecule has 0 unspecified atom stereocenters. The summed E-state index contributed by atoms with van der Waals surface area (Å²) in [6, 6.07) is 7.74. The Kier molecular flexibility index (Phi) is 4.55. The van der Waals surface area contributed by atoms with Gasteiger partial charge in [0.1, 0.15) is 5.01 Å². The van der Waals surface area contributed by atoms with Crippen LogP contribution in [0.25, 0.3) is 10.2 Å². The molecule has 2 aromatic rings. The van der Waals surface area contributed by atoms with Crippen LogP contribution < -0.4 is 4.72 Å². The van der Waals surface area contributed by atoms with E-state index in [-0.39, 0.29) is 12.3 Å². The van der Waals surface area contributed by atoms with Gasteiger partial charge >= 0.3 is 0 Å². The second-order valence-corrected chi connectivity index (χ2v) is 7.18. The number of thiazole rings is 1. The van der Waals surface area contributed by atoms with Gasteiger partial charge in [0.15, 0.2) is 0 Å². The fourth-order valence-corrected chi connectivity index (χ4v) is 3.80. The van der Waals surface area contributed by atoms with E-state index in [1.54, 1.807) is 0 Å². The third-order valence-electron chi connectivity index (χ3n) is 2.33. The molecule has 0 aliphatic rings. The molecule has 1 aromatic carbocycles. The zero-order chi connectivity index (χ0) is 13.0. The predicted octanol–water partition coefficient (Wildman–Crippen LogP) is 2.34. The van der Waals surface area contributed by atoms with Crippen LogP contribution in [0.1, 0.15) is 11.4 Å². The van der Waals surface area contributed by atoms with Gasteiger partial charge in [-0.2, -0.15) is 0 Å². The molecular formula is C11H13ClN2O2S2. The van der Waals surface area contributed by atoms with Gasteiger partial charge in [-0.05, 0) is 18.6 Å². The van der Waals surface area contributed by atoms with Crippen LogP contribution >= 0.6 is 22.9 Å². The zero-order valence-corrected chi connectivity index (χ0v) is 12.0. The Morgan fingerprint density at radius 2 is 2.11 bits per heavy atom. The Morgan fingerprint density at radius 1 is 1.33 bits per heavy atom. The number of rotatable bonds is 6. The van der Waals surface area contributed by atoms with Crippen molar-refractivity contribution < 1.29 is 8.42 Å². The lowest BCUT2D eigenvalue weighted by atomic mass is 10.3. The van der Waals surface area contributed by atoms with Crippen molar-refractivity contribution in [2.45, 2.75) is 13.0 Å². The number of hydrogen-bond donors (Lipinski definition) is 1. The number of sulfonamides is 1. The van der Waals surface area contributed by atoms with E-state index in [0.717, 1.165) is 15.2 Å². The highest BCUT2D eigenvalue weighted by Gasteiger charge is 2.11. The molecule has 98 valence electrons.